The molecule has 2 N–H and O–H groups in total. The second-order valence-electron chi connectivity index (χ2n) is 5.56. The van der Waals surface area contributed by atoms with E-state index in [0.717, 1.165) is 9.04 Å². The van der Waals surface area contributed by atoms with Gasteiger partial charge in [-0.15, -0.1) is 0 Å². The number of imidazole rings is 1. The van der Waals surface area contributed by atoms with Crippen molar-refractivity contribution in [2.24, 2.45) is 5.92 Å². The Kier molecular flexibility index (Phi) is 5.71. The Morgan fingerprint density at radius 3 is 2.50 bits per heavy atom. The summed E-state index contributed by atoms with van der Waals surface area (Å²) in [6.07, 6.45) is 0. The fraction of sp³-hybridized carbons (Fsp3) is 0.375. The number of rotatable bonds is 6. The number of nitrogens with zero attached hydrogens (tertiary/aromatic N) is 1. The standard InChI is InChI=1S/C16H19BrN2O5/c1-9(2)13(15(21)23-3)19-14(20)12(18-16(19)22)8-24-11-6-4-10(17)5-7-11/h4-7,9,13,20H,8H2,1-3H3,(H,18,22)/t13-/m1/s1. The summed E-state index contributed by atoms with van der Waals surface area (Å²) in [7, 11) is 1.24. The molecule has 2 aromatic rings. The summed E-state index contributed by atoms with van der Waals surface area (Å²) in [5.41, 5.74) is -0.400. The average molecular weight is 399 g/mol. The van der Waals surface area contributed by atoms with E-state index in [1.165, 1.54) is 7.11 Å². The molecule has 1 aromatic heterocycles. The number of aromatic hydroxyl groups is 1. The molecule has 0 fully saturated rings. The second-order valence-corrected chi connectivity index (χ2v) is 6.47. The average Bonchev–Trinajstić information content (AvgIpc) is 2.82. The van der Waals surface area contributed by atoms with Crippen LogP contribution in [0.3, 0.4) is 0 Å². The van der Waals surface area contributed by atoms with Gasteiger partial charge in [-0.2, -0.15) is 0 Å². The fourth-order valence-corrected chi connectivity index (χ4v) is 2.59. The Morgan fingerprint density at radius 2 is 1.96 bits per heavy atom. The third kappa shape index (κ3) is 3.81. The molecule has 0 unspecified atom stereocenters. The molecular weight excluding hydrogens is 380 g/mol. The lowest BCUT2D eigenvalue weighted by molar-refractivity contribution is -0.146. The first kappa shape index (κ1) is 18.1. The lowest BCUT2D eigenvalue weighted by atomic mass is 10.0. The van der Waals surface area contributed by atoms with Crippen molar-refractivity contribution in [3.05, 3.63) is 44.9 Å². The molecule has 2 rings (SSSR count). The molecule has 0 aliphatic heterocycles. The van der Waals surface area contributed by atoms with E-state index >= 15 is 0 Å². The van der Waals surface area contributed by atoms with Gasteiger partial charge < -0.3 is 19.6 Å². The van der Waals surface area contributed by atoms with Crippen molar-refractivity contribution in [1.29, 1.82) is 0 Å². The van der Waals surface area contributed by atoms with E-state index in [1.54, 1.807) is 26.0 Å². The van der Waals surface area contributed by atoms with Gasteiger partial charge in [-0.05, 0) is 30.2 Å². The summed E-state index contributed by atoms with van der Waals surface area (Å²) < 4.78 is 12.2. The molecule has 24 heavy (non-hydrogen) atoms. The Morgan fingerprint density at radius 1 is 1.33 bits per heavy atom. The van der Waals surface area contributed by atoms with Crippen molar-refractivity contribution in [3.63, 3.8) is 0 Å². The van der Waals surface area contributed by atoms with Crippen LogP contribution in [0.1, 0.15) is 25.6 Å². The third-order valence-electron chi connectivity index (χ3n) is 3.52. The van der Waals surface area contributed by atoms with Gasteiger partial charge in [0.05, 0.1) is 7.11 Å². The number of hydrogen-bond donors (Lipinski definition) is 2. The molecule has 7 nitrogen and oxygen atoms in total. The predicted octanol–water partition coefficient (Wildman–Crippen LogP) is 2.59. The van der Waals surface area contributed by atoms with Crippen LogP contribution in [-0.4, -0.2) is 27.7 Å². The van der Waals surface area contributed by atoms with E-state index in [4.69, 9.17) is 9.47 Å². The van der Waals surface area contributed by atoms with E-state index in [-0.39, 0.29) is 24.1 Å². The minimum Gasteiger partial charge on any atom is -0.493 e. The summed E-state index contributed by atoms with van der Waals surface area (Å²) in [4.78, 5) is 26.6. The second kappa shape index (κ2) is 7.57. The summed E-state index contributed by atoms with van der Waals surface area (Å²) in [5.74, 6) is -0.584. The number of halogens is 1. The summed E-state index contributed by atoms with van der Waals surface area (Å²) in [5, 5.41) is 10.3. The zero-order valence-corrected chi connectivity index (χ0v) is 15.2. The number of H-pyrrole nitrogens is 1. The van der Waals surface area contributed by atoms with Crippen molar-refractivity contribution < 1.29 is 19.4 Å². The van der Waals surface area contributed by atoms with Gasteiger partial charge >= 0.3 is 11.7 Å². The van der Waals surface area contributed by atoms with Crippen molar-refractivity contribution in [1.82, 2.24) is 9.55 Å². The molecule has 0 aliphatic carbocycles. The summed E-state index contributed by atoms with van der Waals surface area (Å²) in [6, 6.07) is 6.22. The van der Waals surface area contributed by atoms with Crippen LogP contribution < -0.4 is 10.4 Å². The largest absolute Gasteiger partial charge is 0.493 e. The van der Waals surface area contributed by atoms with Gasteiger partial charge in [0.2, 0.25) is 5.88 Å². The molecule has 0 radical (unpaired) electrons. The first-order valence-electron chi connectivity index (χ1n) is 7.33. The van der Waals surface area contributed by atoms with Gasteiger partial charge in [0, 0.05) is 4.47 Å². The van der Waals surface area contributed by atoms with Gasteiger partial charge in [-0.1, -0.05) is 29.8 Å². The zero-order valence-electron chi connectivity index (χ0n) is 13.6. The molecule has 1 aromatic carbocycles. The fourth-order valence-electron chi connectivity index (χ4n) is 2.33. The number of hydrogen-bond acceptors (Lipinski definition) is 5. The highest BCUT2D eigenvalue weighted by Crippen LogP contribution is 2.26. The third-order valence-corrected chi connectivity index (χ3v) is 4.05. The van der Waals surface area contributed by atoms with Crippen LogP contribution in [0.5, 0.6) is 11.6 Å². The van der Waals surface area contributed by atoms with Crippen LogP contribution in [0.2, 0.25) is 0 Å². The number of aromatic amines is 1. The predicted molar refractivity (Wildman–Crippen MR) is 91.1 cm³/mol. The number of aromatic nitrogens is 2. The van der Waals surface area contributed by atoms with Crippen molar-refractivity contribution >= 4 is 21.9 Å². The van der Waals surface area contributed by atoms with Crippen LogP contribution in [0.25, 0.3) is 0 Å². The van der Waals surface area contributed by atoms with Crippen molar-refractivity contribution in [3.8, 4) is 11.6 Å². The smallest absolute Gasteiger partial charge is 0.329 e. The van der Waals surface area contributed by atoms with Crippen LogP contribution in [-0.2, 0) is 16.1 Å². The first-order valence-corrected chi connectivity index (χ1v) is 8.13. The quantitative estimate of drug-likeness (QED) is 0.729. The first-order chi connectivity index (χ1) is 11.3. The normalized spacial score (nSPS) is 12.2. The van der Waals surface area contributed by atoms with Crippen LogP contribution in [0.4, 0.5) is 0 Å². The highest BCUT2D eigenvalue weighted by Gasteiger charge is 2.30. The maximum Gasteiger partial charge on any atom is 0.329 e. The molecule has 0 aliphatic rings. The van der Waals surface area contributed by atoms with Crippen LogP contribution in [0.15, 0.2) is 33.5 Å². The van der Waals surface area contributed by atoms with Gasteiger partial charge in [0.1, 0.15) is 24.1 Å². The SMILES string of the molecule is COC(=O)[C@@H](C(C)C)n1c(O)c(COc2ccc(Br)cc2)[nH]c1=O. The Labute approximate surface area is 147 Å². The number of ether oxygens (including phenoxy) is 2. The molecule has 0 spiro atoms. The molecule has 0 saturated heterocycles. The van der Waals surface area contributed by atoms with E-state index in [1.807, 2.05) is 12.1 Å². The van der Waals surface area contributed by atoms with E-state index < -0.39 is 17.7 Å². The molecular formula is C16H19BrN2O5. The van der Waals surface area contributed by atoms with Crippen LogP contribution in [0, 0.1) is 5.92 Å². The van der Waals surface area contributed by atoms with Crippen LogP contribution >= 0.6 is 15.9 Å². The van der Waals surface area contributed by atoms with E-state index in [0.29, 0.717) is 5.75 Å². The monoisotopic (exact) mass is 398 g/mol. The molecule has 0 amide bonds. The number of carbonyl (C=O) groups is 1. The maximum absolute atomic E-state index is 12.2. The highest BCUT2D eigenvalue weighted by molar-refractivity contribution is 9.10. The number of nitrogens with one attached hydrogen (secondary N) is 1. The Bertz CT molecular complexity index is 764. The van der Waals surface area contributed by atoms with E-state index in [9.17, 15) is 14.7 Å². The maximum atomic E-state index is 12.2. The zero-order chi connectivity index (χ0) is 17.9. The summed E-state index contributed by atoms with van der Waals surface area (Å²) >= 11 is 3.33. The Hall–Kier alpha value is -2.22. The minimum atomic E-state index is -0.916. The number of carbonyl (C=O) groups excluding carboxylic acids is 1. The lowest BCUT2D eigenvalue weighted by Gasteiger charge is -2.19. The lowest BCUT2D eigenvalue weighted by Crippen LogP contribution is -2.32. The Balaban J connectivity index is 2.26. The molecule has 130 valence electrons. The molecule has 0 saturated carbocycles. The topological polar surface area (TPSA) is 93.5 Å². The molecule has 1 atom stereocenters. The number of esters is 1. The van der Waals surface area contributed by atoms with Gasteiger partial charge in [0.25, 0.3) is 0 Å². The summed E-state index contributed by atoms with van der Waals surface area (Å²) in [6.45, 7) is 3.48. The van der Waals surface area contributed by atoms with E-state index in [2.05, 4.69) is 20.9 Å². The van der Waals surface area contributed by atoms with Gasteiger partial charge in [-0.3, -0.25) is 0 Å². The number of methoxy groups -OCH3 is 1. The highest BCUT2D eigenvalue weighted by atomic mass is 79.9. The molecule has 0 bridgehead atoms. The number of benzene rings is 1. The van der Waals surface area contributed by atoms with Gasteiger partial charge in [-0.25, -0.2) is 14.2 Å². The van der Waals surface area contributed by atoms with Crippen molar-refractivity contribution in [2.75, 3.05) is 7.11 Å². The molecule has 8 heteroatoms. The molecule has 1 heterocycles. The van der Waals surface area contributed by atoms with Gasteiger partial charge in [0.15, 0.2) is 0 Å². The van der Waals surface area contributed by atoms with Crippen molar-refractivity contribution in [2.45, 2.75) is 26.5 Å². The minimum absolute atomic E-state index is 0.0400.